The van der Waals surface area contributed by atoms with Crippen LogP contribution in [0.3, 0.4) is 0 Å². The molecule has 0 spiro atoms. The minimum atomic E-state index is -0.600. The van der Waals surface area contributed by atoms with Gasteiger partial charge in [-0.2, -0.15) is 0 Å². The van der Waals surface area contributed by atoms with E-state index in [1.165, 1.54) is 6.42 Å². The average Bonchev–Trinajstić information content (AvgIpc) is 2.67. The predicted octanol–water partition coefficient (Wildman–Crippen LogP) is 4.40. The molecule has 3 aliphatic carbocycles. The van der Waals surface area contributed by atoms with Gasteiger partial charge in [-0.25, -0.2) is 0 Å². The molecule has 0 amide bonds. The number of carboxylic acid groups (broad SMARTS) is 1. The van der Waals surface area contributed by atoms with Crippen molar-refractivity contribution in [2.75, 3.05) is 0 Å². The van der Waals surface area contributed by atoms with E-state index in [1.54, 1.807) is 0 Å². The molecule has 0 aromatic carbocycles. The summed E-state index contributed by atoms with van der Waals surface area (Å²) in [6.45, 7) is 8.37. The zero-order chi connectivity index (χ0) is 16.8. The summed E-state index contributed by atoms with van der Waals surface area (Å²) in [4.78, 5) is 12.1. The molecule has 23 heavy (non-hydrogen) atoms. The molecule has 0 saturated heterocycles. The van der Waals surface area contributed by atoms with Crippen LogP contribution in [0.25, 0.3) is 0 Å². The minimum Gasteiger partial charge on any atom is -0.481 e. The molecule has 3 saturated carbocycles. The van der Waals surface area contributed by atoms with Crippen molar-refractivity contribution in [2.45, 2.75) is 77.7 Å². The summed E-state index contributed by atoms with van der Waals surface area (Å²) in [6, 6.07) is 0. The Morgan fingerprint density at radius 1 is 1.26 bits per heavy atom. The van der Waals surface area contributed by atoms with Crippen LogP contribution in [-0.2, 0) is 4.79 Å². The van der Waals surface area contributed by atoms with E-state index in [0.717, 1.165) is 56.9 Å². The first-order valence-corrected chi connectivity index (χ1v) is 9.44. The lowest BCUT2D eigenvalue weighted by atomic mass is 9.44. The average molecular weight is 320 g/mol. The summed E-state index contributed by atoms with van der Waals surface area (Å²) in [7, 11) is 0. The van der Waals surface area contributed by atoms with E-state index < -0.39 is 11.4 Å². The highest BCUT2D eigenvalue weighted by atomic mass is 16.4. The third-order valence-electron chi connectivity index (χ3n) is 7.83. The quantitative estimate of drug-likeness (QED) is 0.741. The Labute approximate surface area is 140 Å². The van der Waals surface area contributed by atoms with E-state index in [-0.39, 0.29) is 17.4 Å². The third-order valence-corrected chi connectivity index (χ3v) is 7.83. The maximum atomic E-state index is 12.1. The summed E-state index contributed by atoms with van der Waals surface area (Å²) >= 11 is 0. The van der Waals surface area contributed by atoms with Crippen molar-refractivity contribution in [3.8, 4) is 0 Å². The zero-order valence-electron chi connectivity index (χ0n) is 14.7. The molecule has 3 heteroatoms. The van der Waals surface area contributed by atoms with Gasteiger partial charge in [0.1, 0.15) is 0 Å². The topological polar surface area (TPSA) is 57.5 Å². The van der Waals surface area contributed by atoms with E-state index in [9.17, 15) is 15.0 Å². The third kappa shape index (κ3) is 2.47. The van der Waals surface area contributed by atoms with Crippen molar-refractivity contribution in [2.24, 2.45) is 28.6 Å². The van der Waals surface area contributed by atoms with Crippen molar-refractivity contribution < 1.29 is 15.0 Å². The summed E-state index contributed by atoms with van der Waals surface area (Å²) < 4.78 is 0. The smallest absolute Gasteiger partial charge is 0.309 e. The molecule has 0 radical (unpaired) electrons. The lowest BCUT2D eigenvalue weighted by Gasteiger charge is -2.60. The van der Waals surface area contributed by atoms with Crippen LogP contribution in [0, 0.1) is 28.6 Å². The van der Waals surface area contributed by atoms with Crippen molar-refractivity contribution >= 4 is 5.97 Å². The van der Waals surface area contributed by atoms with Crippen LogP contribution in [0.1, 0.15) is 71.6 Å². The standard InChI is InChI=1S/C20H32O3/c1-4-20-11-5-10-19(3,18(22)23)17(20)9-6-14-12-13(2)16(21)8-7-15(14)20/h14-17,21H,2,4-12H2,1,3H3,(H,22,23)/t14?,15-,16?,17?,19-,20+/m1/s1. The van der Waals surface area contributed by atoms with Gasteiger partial charge in [0, 0.05) is 0 Å². The van der Waals surface area contributed by atoms with Gasteiger partial charge in [0.25, 0.3) is 0 Å². The van der Waals surface area contributed by atoms with Crippen LogP contribution in [0.15, 0.2) is 12.2 Å². The molecule has 3 unspecified atom stereocenters. The van der Waals surface area contributed by atoms with Crippen LogP contribution in [-0.4, -0.2) is 22.3 Å². The largest absolute Gasteiger partial charge is 0.481 e. The molecule has 6 atom stereocenters. The van der Waals surface area contributed by atoms with Gasteiger partial charge >= 0.3 is 5.97 Å². The Morgan fingerprint density at radius 2 is 2.00 bits per heavy atom. The van der Waals surface area contributed by atoms with E-state index in [4.69, 9.17) is 0 Å². The van der Waals surface area contributed by atoms with Crippen molar-refractivity contribution in [3.63, 3.8) is 0 Å². The molecule has 3 aliphatic rings. The molecule has 2 N–H and O–H groups in total. The van der Waals surface area contributed by atoms with Crippen LogP contribution in [0.5, 0.6) is 0 Å². The summed E-state index contributed by atoms with van der Waals surface area (Å²) in [5.41, 5.74) is 0.582. The highest BCUT2D eigenvalue weighted by Crippen LogP contribution is 2.65. The van der Waals surface area contributed by atoms with Crippen LogP contribution in [0.2, 0.25) is 0 Å². The van der Waals surface area contributed by atoms with E-state index >= 15 is 0 Å². The summed E-state index contributed by atoms with van der Waals surface area (Å²) in [6.07, 6.45) is 8.63. The summed E-state index contributed by atoms with van der Waals surface area (Å²) in [5, 5.41) is 20.2. The Balaban J connectivity index is 1.99. The van der Waals surface area contributed by atoms with Gasteiger partial charge in [-0.1, -0.05) is 19.9 Å². The fraction of sp³-hybridized carbons (Fsp3) is 0.850. The fourth-order valence-electron chi connectivity index (χ4n) is 6.59. The van der Waals surface area contributed by atoms with E-state index in [2.05, 4.69) is 13.5 Å². The number of carboxylic acids is 1. The molecular weight excluding hydrogens is 288 g/mol. The van der Waals surface area contributed by atoms with Gasteiger partial charge in [-0.05, 0) is 87.0 Å². The number of aliphatic carboxylic acids is 1. The second-order valence-electron chi connectivity index (χ2n) is 8.61. The van der Waals surface area contributed by atoms with Crippen molar-refractivity contribution in [1.29, 1.82) is 0 Å². The molecule has 0 heterocycles. The van der Waals surface area contributed by atoms with Gasteiger partial charge in [0.15, 0.2) is 0 Å². The maximum Gasteiger partial charge on any atom is 0.309 e. The number of aliphatic hydroxyl groups excluding tert-OH is 1. The predicted molar refractivity (Wildman–Crippen MR) is 91.0 cm³/mol. The van der Waals surface area contributed by atoms with Gasteiger partial charge in [-0.15, -0.1) is 0 Å². The molecule has 3 nitrogen and oxygen atoms in total. The Bertz CT molecular complexity index is 499. The van der Waals surface area contributed by atoms with Crippen molar-refractivity contribution in [1.82, 2.24) is 0 Å². The molecule has 0 aromatic heterocycles. The highest BCUT2D eigenvalue weighted by molar-refractivity contribution is 5.75. The lowest BCUT2D eigenvalue weighted by molar-refractivity contribution is -0.173. The minimum absolute atomic E-state index is 0.151. The number of aliphatic hydroxyl groups is 1. The maximum absolute atomic E-state index is 12.1. The number of hydrogen-bond donors (Lipinski definition) is 2. The highest BCUT2D eigenvalue weighted by Gasteiger charge is 2.60. The van der Waals surface area contributed by atoms with Crippen LogP contribution < -0.4 is 0 Å². The Morgan fingerprint density at radius 3 is 2.65 bits per heavy atom. The number of rotatable bonds is 2. The molecular formula is C20H32O3. The first kappa shape index (κ1) is 17.0. The molecule has 130 valence electrons. The molecule has 0 aliphatic heterocycles. The molecule has 3 rings (SSSR count). The molecule has 0 aromatic rings. The van der Waals surface area contributed by atoms with Gasteiger partial charge in [-0.3, -0.25) is 4.79 Å². The number of fused-ring (bicyclic) bond motifs is 3. The first-order chi connectivity index (χ1) is 10.8. The lowest BCUT2D eigenvalue weighted by Crippen LogP contribution is -2.55. The van der Waals surface area contributed by atoms with Gasteiger partial charge in [0.2, 0.25) is 0 Å². The zero-order valence-corrected chi connectivity index (χ0v) is 14.7. The Kier molecular flexibility index (Phi) is 4.37. The summed E-state index contributed by atoms with van der Waals surface area (Å²) in [5.74, 6) is 0.832. The normalized spacial score (nSPS) is 47.3. The number of carbonyl (C=O) groups is 1. The molecule has 0 bridgehead atoms. The van der Waals surface area contributed by atoms with Gasteiger partial charge < -0.3 is 10.2 Å². The van der Waals surface area contributed by atoms with Crippen LogP contribution >= 0.6 is 0 Å². The second kappa shape index (κ2) is 5.91. The molecule has 3 fully saturated rings. The number of hydrogen-bond acceptors (Lipinski definition) is 2. The second-order valence-corrected chi connectivity index (χ2v) is 8.61. The first-order valence-electron chi connectivity index (χ1n) is 9.44. The SMILES string of the molecule is C=C1CC2CCC3[C@@](CC)(CCC[C@@]3(C)C(=O)O)[C@@H]2CCC1O. The van der Waals surface area contributed by atoms with Crippen molar-refractivity contribution in [3.05, 3.63) is 12.2 Å². The van der Waals surface area contributed by atoms with Crippen LogP contribution in [0.4, 0.5) is 0 Å². The van der Waals surface area contributed by atoms with Gasteiger partial charge in [0.05, 0.1) is 11.5 Å². The van der Waals surface area contributed by atoms with E-state index in [1.807, 2.05) is 6.92 Å². The monoisotopic (exact) mass is 320 g/mol. The van der Waals surface area contributed by atoms with E-state index in [0.29, 0.717) is 11.8 Å². The fourth-order valence-corrected chi connectivity index (χ4v) is 6.59. The Hall–Kier alpha value is -0.830.